The molecule has 0 saturated heterocycles. The molecule has 21 heavy (non-hydrogen) atoms. The maximum absolute atomic E-state index is 11.0. The lowest BCUT2D eigenvalue weighted by Crippen LogP contribution is -2.05. The van der Waals surface area contributed by atoms with E-state index in [-0.39, 0.29) is 17.5 Å². The zero-order valence-corrected chi connectivity index (χ0v) is 11.6. The molecule has 0 aliphatic carbocycles. The summed E-state index contributed by atoms with van der Waals surface area (Å²) in [6.07, 6.45) is 1.58. The Bertz CT molecular complexity index is 658. The molecule has 0 amide bonds. The van der Waals surface area contributed by atoms with Crippen LogP contribution in [0.25, 0.3) is 0 Å². The van der Waals surface area contributed by atoms with Crippen molar-refractivity contribution in [3.8, 4) is 17.4 Å². The molecule has 1 aromatic carbocycles. The Balaban J connectivity index is 2.29. The first-order chi connectivity index (χ1) is 10.0. The van der Waals surface area contributed by atoms with Crippen LogP contribution in [0.3, 0.4) is 0 Å². The number of rotatable bonds is 5. The number of nitrogens with two attached hydrogens (primary N) is 1. The molecule has 1 unspecified atom stereocenters. The van der Waals surface area contributed by atoms with Crippen molar-refractivity contribution in [3.05, 3.63) is 52.2 Å². The Kier molecular flexibility index (Phi) is 4.34. The Morgan fingerprint density at radius 1 is 1.33 bits per heavy atom. The summed E-state index contributed by atoms with van der Waals surface area (Å²) in [4.78, 5) is 14.5. The molecule has 0 bridgehead atoms. The van der Waals surface area contributed by atoms with Crippen molar-refractivity contribution in [2.75, 3.05) is 7.11 Å². The van der Waals surface area contributed by atoms with E-state index in [2.05, 4.69) is 4.98 Å². The van der Waals surface area contributed by atoms with Crippen LogP contribution in [0.2, 0.25) is 0 Å². The van der Waals surface area contributed by atoms with Gasteiger partial charge < -0.3 is 15.2 Å². The van der Waals surface area contributed by atoms with Gasteiger partial charge in [-0.05, 0) is 30.7 Å². The summed E-state index contributed by atoms with van der Waals surface area (Å²) in [7, 11) is 1.37. The molecule has 2 rings (SSSR count). The standard InChI is InChI=1S/C14H15N3O4/c1-9(15)10-5-6-16-14(7-10)21-11-3-4-13(20-2)12(8-11)17(18)19/h3-9H,15H2,1-2H3. The van der Waals surface area contributed by atoms with E-state index >= 15 is 0 Å². The molecule has 0 aliphatic heterocycles. The first kappa shape index (κ1) is 14.7. The summed E-state index contributed by atoms with van der Waals surface area (Å²) in [5.41, 5.74) is 6.48. The summed E-state index contributed by atoms with van der Waals surface area (Å²) in [5, 5.41) is 11.0. The number of nitro groups is 1. The van der Waals surface area contributed by atoms with E-state index in [9.17, 15) is 10.1 Å². The van der Waals surface area contributed by atoms with Crippen LogP contribution in [0.4, 0.5) is 5.69 Å². The predicted octanol–water partition coefficient (Wildman–Crippen LogP) is 2.81. The fourth-order valence-corrected chi connectivity index (χ4v) is 1.76. The van der Waals surface area contributed by atoms with Crippen molar-refractivity contribution in [1.29, 1.82) is 0 Å². The first-order valence-electron chi connectivity index (χ1n) is 6.23. The third kappa shape index (κ3) is 3.46. The second kappa shape index (κ2) is 6.19. The van der Waals surface area contributed by atoms with Crippen LogP contribution < -0.4 is 15.2 Å². The van der Waals surface area contributed by atoms with Crippen molar-refractivity contribution >= 4 is 5.69 Å². The molecule has 0 fully saturated rings. The second-order valence-electron chi connectivity index (χ2n) is 4.41. The van der Waals surface area contributed by atoms with Gasteiger partial charge in [0.2, 0.25) is 5.88 Å². The zero-order chi connectivity index (χ0) is 15.4. The van der Waals surface area contributed by atoms with Gasteiger partial charge in [-0.1, -0.05) is 0 Å². The van der Waals surface area contributed by atoms with Gasteiger partial charge in [-0.25, -0.2) is 4.98 Å². The minimum Gasteiger partial charge on any atom is -0.490 e. The number of ether oxygens (including phenoxy) is 2. The number of nitro benzene ring substituents is 1. The van der Waals surface area contributed by atoms with E-state index < -0.39 is 4.92 Å². The van der Waals surface area contributed by atoms with Crippen LogP contribution in [0, 0.1) is 10.1 Å². The highest BCUT2D eigenvalue weighted by molar-refractivity contribution is 5.51. The minimum atomic E-state index is -0.530. The average molecular weight is 289 g/mol. The fourth-order valence-electron chi connectivity index (χ4n) is 1.76. The van der Waals surface area contributed by atoms with Crippen molar-refractivity contribution in [3.63, 3.8) is 0 Å². The van der Waals surface area contributed by atoms with Gasteiger partial charge in [0.15, 0.2) is 5.75 Å². The van der Waals surface area contributed by atoms with E-state index in [4.69, 9.17) is 15.2 Å². The molecule has 110 valence electrons. The molecule has 1 heterocycles. The molecular formula is C14H15N3O4. The third-order valence-electron chi connectivity index (χ3n) is 2.85. The lowest BCUT2D eigenvalue weighted by atomic mass is 10.1. The largest absolute Gasteiger partial charge is 0.490 e. The normalized spacial score (nSPS) is 11.8. The van der Waals surface area contributed by atoms with Gasteiger partial charge in [0, 0.05) is 18.3 Å². The summed E-state index contributed by atoms with van der Waals surface area (Å²) in [5.74, 6) is 0.797. The number of nitrogens with zero attached hydrogens (tertiary/aromatic N) is 2. The highest BCUT2D eigenvalue weighted by atomic mass is 16.6. The Labute approximate surface area is 121 Å². The predicted molar refractivity (Wildman–Crippen MR) is 76.6 cm³/mol. The quantitative estimate of drug-likeness (QED) is 0.671. The van der Waals surface area contributed by atoms with Gasteiger partial charge in [-0.2, -0.15) is 0 Å². The van der Waals surface area contributed by atoms with E-state index in [1.54, 1.807) is 24.4 Å². The summed E-state index contributed by atoms with van der Waals surface area (Å²) >= 11 is 0. The van der Waals surface area contributed by atoms with Crippen molar-refractivity contribution < 1.29 is 14.4 Å². The van der Waals surface area contributed by atoms with Gasteiger partial charge >= 0.3 is 5.69 Å². The molecule has 7 heteroatoms. The maximum atomic E-state index is 11.0. The minimum absolute atomic E-state index is 0.152. The number of hydrogen-bond donors (Lipinski definition) is 1. The second-order valence-corrected chi connectivity index (χ2v) is 4.41. The van der Waals surface area contributed by atoms with Crippen molar-refractivity contribution in [1.82, 2.24) is 4.98 Å². The van der Waals surface area contributed by atoms with E-state index in [0.29, 0.717) is 11.6 Å². The molecule has 0 aliphatic rings. The molecule has 1 aromatic heterocycles. The number of aromatic nitrogens is 1. The van der Waals surface area contributed by atoms with Crippen molar-refractivity contribution in [2.45, 2.75) is 13.0 Å². The topological polar surface area (TPSA) is 101 Å². The smallest absolute Gasteiger partial charge is 0.314 e. The number of pyridine rings is 1. The Morgan fingerprint density at radius 3 is 2.71 bits per heavy atom. The summed E-state index contributed by atoms with van der Waals surface area (Å²) < 4.78 is 10.5. The SMILES string of the molecule is COc1ccc(Oc2cc(C(C)N)ccn2)cc1[N+](=O)[O-]. The average Bonchev–Trinajstić information content (AvgIpc) is 2.47. The summed E-state index contributed by atoms with van der Waals surface area (Å²) in [6, 6.07) is 7.67. The highest BCUT2D eigenvalue weighted by Gasteiger charge is 2.16. The first-order valence-corrected chi connectivity index (χ1v) is 6.23. The highest BCUT2D eigenvalue weighted by Crippen LogP contribution is 2.32. The van der Waals surface area contributed by atoms with Crippen molar-refractivity contribution in [2.24, 2.45) is 5.73 Å². The lowest BCUT2D eigenvalue weighted by Gasteiger charge is -2.09. The number of hydrogen-bond acceptors (Lipinski definition) is 6. The van der Waals surface area contributed by atoms with Crippen LogP contribution in [0.15, 0.2) is 36.5 Å². The van der Waals surface area contributed by atoms with E-state index in [1.807, 2.05) is 6.92 Å². The van der Waals surface area contributed by atoms with Crippen LogP contribution in [0.1, 0.15) is 18.5 Å². The fraction of sp³-hybridized carbons (Fsp3) is 0.214. The van der Waals surface area contributed by atoms with E-state index in [1.165, 1.54) is 19.2 Å². The third-order valence-corrected chi connectivity index (χ3v) is 2.85. The number of benzene rings is 1. The molecule has 2 N–H and O–H groups in total. The van der Waals surface area contributed by atoms with Crippen LogP contribution in [0.5, 0.6) is 17.4 Å². The zero-order valence-electron chi connectivity index (χ0n) is 11.6. The Hall–Kier alpha value is -2.67. The molecular weight excluding hydrogens is 274 g/mol. The van der Waals surface area contributed by atoms with E-state index in [0.717, 1.165) is 5.56 Å². The van der Waals surface area contributed by atoms with Gasteiger partial charge in [-0.3, -0.25) is 10.1 Å². The molecule has 1 atom stereocenters. The van der Waals surface area contributed by atoms with Gasteiger partial charge in [0.1, 0.15) is 5.75 Å². The summed E-state index contributed by atoms with van der Waals surface area (Å²) in [6.45, 7) is 1.84. The molecule has 0 spiro atoms. The van der Waals surface area contributed by atoms with Crippen LogP contribution in [-0.4, -0.2) is 17.0 Å². The van der Waals surface area contributed by atoms with Crippen LogP contribution >= 0.6 is 0 Å². The molecule has 0 radical (unpaired) electrons. The van der Waals surface area contributed by atoms with Crippen LogP contribution in [-0.2, 0) is 0 Å². The lowest BCUT2D eigenvalue weighted by molar-refractivity contribution is -0.385. The molecule has 0 saturated carbocycles. The maximum Gasteiger partial charge on any atom is 0.314 e. The van der Waals surface area contributed by atoms with Gasteiger partial charge in [0.05, 0.1) is 18.1 Å². The molecule has 7 nitrogen and oxygen atoms in total. The monoisotopic (exact) mass is 289 g/mol. The van der Waals surface area contributed by atoms with Gasteiger partial charge in [0.25, 0.3) is 0 Å². The molecule has 2 aromatic rings. The number of methoxy groups -OCH3 is 1. The van der Waals surface area contributed by atoms with Gasteiger partial charge in [-0.15, -0.1) is 0 Å². The Morgan fingerprint density at radius 2 is 2.10 bits per heavy atom.